The molecule has 3 aromatic rings. The molecule has 1 unspecified atom stereocenters. The standard InChI is InChI=1S/C21H25N3O2S2/c1-14(2)10-11-24-20(26)16-7-4-5-8-17(16)23-21(24)28-13-19(25)22-15(3)18-9-6-12-27-18/h4-9,12,14-15H,10-11,13H2,1-3H3,(H,22,25). The van der Waals surface area contributed by atoms with Gasteiger partial charge in [0.25, 0.3) is 5.56 Å². The van der Waals surface area contributed by atoms with Gasteiger partial charge in [-0.1, -0.05) is 43.8 Å². The Morgan fingerprint density at radius 2 is 2.00 bits per heavy atom. The maximum Gasteiger partial charge on any atom is 0.262 e. The molecular weight excluding hydrogens is 390 g/mol. The zero-order chi connectivity index (χ0) is 20.1. The molecule has 1 aromatic carbocycles. The lowest BCUT2D eigenvalue weighted by Crippen LogP contribution is -2.29. The number of benzene rings is 1. The van der Waals surface area contributed by atoms with Gasteiger partial charge in [0.2, 0.25) is 5.91 Å². The third kappa shape index (κ3) is 5.02. The molecule has 1 N–H and O–H groups in total. The Balaban J connectivity index is 1.77. The van der Waals surface area contributed by atoms with Crippen molar-refractivity contribution in [1.29, 1.82) is 0 Å². The van der Waals surface area contributed by atoms with Crippen LogP contribution < -0.4 is 10.9 Å². The number of thioether (sulfide) groups is 1. The summed E-state index contributed by atoms with van der Waals surface area (Å²) in [5.41, 5.74) is 0.629. The average molecular weight is 416 g/mol. The van der Waals surface area contributed by atoms with Crippen molar-refractivity contribution in [2.75, 3.05) is 5.75 Å². The van der Waals surface area contributed by atoms with E-state index in [-0.39, 0.29) is 23.3 Å². The number of carbonyl (C=O) groups is 1. The number of nitrogens with zero attached hydrogens (tertiary/aromatic N) is 2. The van der Waals surface area contributed by atoms with Gasteiger partial charge in [-0.15, -0.1) is 11.3 Å². The van der Waals surface area contributed by atoms with Crippen LogP contribution in [0, 0.1) is 5.92 Å². The van der Waals surface area contributed by atoms with Gasteiger partial charge in [0.05, 0.1) is 22.7 Å². The van der Waals surface area contributed by atoms with Crippen LogP contribution in [0.2, 0.25) is 0 Å². The van der Waals surface area contributed by atoms with Gasteiger partial charge in [-0.2, -0.15) is 0 Å². The molecular formula is C21H25N3O2S2. The normalized spacial score (nSPS) is 12.4. The molecule has 0 aliphatic heterocycles. The minimum atomic E-state index is -0.0660. The maximum absolute atomic E-state index is 13.0. The SMILES string of the molecule is CC(C)CCn1c(SCC(=O)NC(C)c2cccs2)nc2ccccc2c1=O. The lowest BCUT2D eigenvalue weighted by atomic mass is 10.1. The summed E-state index contributed by atoms with van der Waals surface area (Å²) < 4.78 is 1.71. The van der Waals surface area contributed by atoms with Crippen LogP contribution in [0.4, 0.5) is 0 Å². The van der Waals surface area contributed by atoms with Gasteiger partial charge in [-0.25, -0.2) is 4.98 Å². The molecule has 0 spiro atoms. The van der Waals surface area contributed by atoms with Gasteiger partial charge in [-0.05, 0) is 42.8 Å². The number of carbonyl (C=O) groups excluding carboxylic acids is 1. The quantitative estimate of drug-likeness (QED) is 0.435. The van der Waals surface area contributed by atoms with E-state index in [9.17, 15) is 9.59 Å². The van der Waals surface area contributed by atoms with E-state index in [1.807, 2.05) is 42.6 Å². The molecule has 0 fully saturated rings. The summed E-state index contributed by atoms with van der Waals surface area (Å²) in [4.78, 5) is 31.1. The van der Waals surface area contributed by atoms with Crippen molar-refractivity contribution in [1.82, 2.24) is 14.9 Å². The van der Waals surface area contributed by atoms with Crippen LogP contribution in [0.3, 0.4) is 0 Å². The number of hydrogen-bond donors (Lipinski definition) is 1. The number of fused-ring (bicyclic) bond motifs is 1. The number of hydrogen-bond acceptors (Lipinski definition) is 5. The number of rotatable bonds is 8. The van der Waals surface area contributed by atoms with Crippen LogP contribution in [-0.2, 0) is 11.3 Å². The second-order valence-electron chi connectivity index (χ2n) is 7.14. The van der Waals surface area contributed by atoms with Crippen LogP contribution in [0.15, 0.2) is 51.7 Å². The predicted octanol–water partition coefficient (Wildman–Crippen LogP) is 4.47. The topological polar surface area (TPSA) is 64.0 Å². The minimum Gasteiger partial charge on any atom is -0.348 e. The first-order valence-electron chi connectivity index (χ1n) is 9.41. The highest BCUT2D eigenvalue weighted by atomic mass is 32.2. The van der Waals surface area contributed by atoms with Gasteiger partial charge in [0, 0.05) is 11.4 Å². The fourth-order valence-corrected chi connectivity index (χ4v) is 4.44. The first kappa shape index (κ1) is 20.6. The molecule has 2 heterocycles. The summed E-state index contributed by atoms with van der Waals surface area (Å²) in [6, 6.07) is 11.3. The molecule has 0 saturated heterocycles. The smallest absolute Gasteiger partial charge is 0.262 e. The van der Waals surface area contributed by atoms with E-state index in [0.717, 1.165) is 11.3 Å². The zero-order valence-electron chi connectivity index (χ0n) is 16.3. The monoisotopic (exact) mass is 415 g/mol. The molecule has 1 amide bonds. The van der Waals surface area contributed by atoms with Crippen LogP contribution >= 0.6 is 23.1 Å². The van der Waals surface area contributed by atoms with E-state index in [1.54, 1.807) is 22.0 Å². The van der Waals surface area contributed by atoms with Gasteiger partial charge in [0.1, 0.15) is 0 Å². The highest BCUT2D eigenvalue weighted by Crippen LogP contribution is 2.21. The van der Waals surface area contributed by atoms with Crippen LogP contribution in [0.25, 0.3) is 10.9 Å². The van der Waals surface area contributed by atoms with Crippen LogP contribution in [0.1, 0.15) is 38.1 Å². The van der Waals surface area contributed by atoms with Crippen molar-refractivity contribution in [2.24, 2.45) is 5.92 Å². The lowest BCUT2D eigenvalue weighted by Gasteiger charge is -2.15. The number of nitrogens with one attached hydrogen (secondary N) is 1. The van der Waals surface area contributed by atoms with E-state index in [1.165, 1.54) is 11.8 Å². The number of aromatic nitrogens is 2. The molecule has 0 bridgehead atoms. The van der Waals surface area contributed by atoms with Crippen molar-refractivity contribution >= 4 is 39.9 Å². The van der Waals surface area contributed by atoms with E-state index >= 15 is 0 Å². The first-order chi connectivity index (χ1) is 13.5. The van der Waals surface area contributed by atoms with Gasteiger partial charge in [-0.3, -0.25) is 14.2 Å². The zero-order valence-corrected chi connectivity index (χ0v) is 18.0. The molecule has 0 aliphatic rings. The Morgan fingerprint density at radius 1 is 1.21 bits per heavy atom. The molecule has 7 heteroatoms. The molecule has 5 nitrogen and oxygen atoms in total. The summed E-state index contributed by atoms with van der Waals surface area (Å²) in [7, 11) is 0. The number of amides is 1. The van der Waals surface area contributed by atoms with Gasteiger partial charge < -0.3 is 5.32 Å². The van der Waals surface area contributed by atoms with E-state index in [2.05, 4.69) is 24.1 Å². The summed E-state index contributed by atoms with van der Waals surface area (Å²) in [5, 5.41) is 6.23. The molecule has 148 valence electrons. The Morgan fingerprint density at radius 3 is 2.71 bits per heavy atom. The van der Waals surface area contributed by atoms with Crippen LogP contribution in [-0.4, -0.2) is 21.2 Å². The maximum atomic E-state index is 13.0. The summed E-state index contributed by atoms with van der Waals surface area (Å²) in [6.07, 6.45) is 0.884. The third-order valence-electron chi connectivity index (χ3n) is 4.44. The van der Waals surface area contributed by atoms with E-state index in [0.29, 0.717) is 28.5 Å². The molecule has 0 saturated carbocycles. The second kappa shape index (κ2) is 9.39. The lowest BCUT2D eigenvalue weighted by molar-refractivity contribution is -0.119. The molecule has 0 radical (unpaired) electrons. The number of thiophene rings is 1. The highest BCUT2D eigenvalue weighted by Gasteiger charge is 2.15. The molecule has 3 rings (SSSR count). The summed E-state index contributed by atoms with van der Waals surface area (Å²) >= 11 is 2.94. The predicted molar refractivity (Wildman–Crippen MR) is 117 cm³/mol. The van der Waals surface area contributed by atoms with Crippen LogP contribution in [0.5, 0.6) is 0 Å². The molecule has 2 aromatic heterocycles. The Hall–Kier alpha value is -2.12. The van der Waals surface area contributed by atoms with Gasteiger partial charge in [0.15, 0.2) is 5.16 Å². The average Bonchev–Trinajstić information content (AvgIpc) is 3.20. The van der Waals surface area contributed by atoms with Crippen molar-refractivity contribution in [3.63, 3.8) is 0 Å². The third-order valence-corrected chi connectivity index (χ3v) is 6.47. The van der Waals surface area contributed by atoms with Crippen molar-refractivity contribution in [3.05, 3.63) is 57.0 Å². The Labute approximate surface area is 173 Å². The largest absolute Gasteiger partial charge is 0.348 e. The minimum absolute atomic E-state index is 0.0270. The van der Waals surface area contributed by atoms with E-state index in [4.69, 9.17) is 0 Å². The molecule has 1 atom stereocenters. The summed E-state index contributed by atoms with van der Waals surface area (Å²) in [6.45, 7) is 6.84. The van der Waals surface area contributed by atoms with Crippen molar-refractivity contribution in [2.45, 2.75) is 44.9 Å². The molecule has 0 aliphatic carbocycles. The van der Waals surface area contributed by atoms with Crippen molar-refractivity contribution < 1.29 is 4.79 Å². The Bertz CT molecular complexity index is 997. The molecule has 28 heavy (non-hydrogen) atoms. The van der Waals surface area contributed by atoms with Crippen molar-refractivity contribution in [3.8, 4) is 0 Å². The van der Waals surface area contributed by atoms with E-state index < -0.39 is 0 Å². The highest BCUT2D eigenvalue weighted by molar-refractivity contribution is 7.99. The number of para-hydroxylation sites is 1. The second-order valence-corrected chi connectivity index (χ2v) is 9.07. The first-order valence-corrected chi connectivity index (χ1v) is 11.3. The Kier molecular flexibility index (Phi) is 6.91. The fourth-order valence-electron chi connectivity index (χ4n) is 2.86. The van der Waals surface area contributed by atoms with Gasteiger partial charge >= 0.3 is 0 Å². The summed E-state index contributed by atoms with van der Waals surface area (Å²) in [5.74, 6) is 0.636. The fraction of sp³-hybridized carbons (Fsp3) is 0.381.